The van der Waals surface area contributed by atoms with E-state index in [-0.39, 0.29) is 136 Å². The minimum absolute atomic E-state index is 0.0188. The van der Waals surface area contributed by atoms with E-state index in [0.717, 1.165) is 0 Å². The second-order valence-electron chi connectivity index (χ2n) is 17.5. The fraction of sp³-hybridized carbons (Fsp3) is 0.327. The van der Waals surface area contributed by atoms with Gasteiger partial charge in [0.05, 0.1) is 65.5 Å². The number of carboxylic acid groups (broad SMARTS) is 2. The van der Waals surface area contributed by atoms with Crippen LogP contribution >= 0.6 is 0 Å². The van der Waals surface area contributed by atoms with Gasteiger partial charge in [0.25, 0.3) is 11.5 Å². The first-order chi connectivity index (χ1) is 39.9. The van der Waals surface area contributed by atoms with Crippen LogP contribution in [0.1, 0.15) is 72.1 Å². The highest BCUT2D eigenvalue weighted by Crippen LogP contribution is 2.30. The first-order valence-corrected chi connectivity index (χ1v) is 25.5. The minimum Gasteiger partial charge on any atom is -0.493 e. The number of benzene rings is 3. The van der Waals surface area contributed by atoms with Crippen LogP contribution in [0, 0.1) is 0 Å². The second kappa shape index (κ2) is 33.6. The number of allylic oxidation sites excluding steroid dienone is 2. The lowest BCUT2D eigenvalue weighted by atomic mass is 10.1. The lowest BCUT2D eigenvalue weighted by Crippen LogP contribution is -2.44. The Bertz CT molecular complexity index is 3240. The number of carbonyl (C=O) groups excluding carboxylic acids is 7. The second-order valence-corrected chi connectivity index (χ2v) is 17.5. The Morgan fingerprint density at radius 2 is 1.25 bits per heavy atom. The van der Waals surface area contributed by atoms with Crippen molar-refractivity contribution in [2.45, 2.75) is 57.7 Å². The summed E-state index contributed by atoms with van der Waals surface area (Å²) in [5.41, 5.74) is 7.26. The summed E-state index contributed by atoms with van der Waals surface area (Å²) < 4.78 is 37.3. The number of esters is 2. The van der Waals surface area contributed by atoms with Crippen molar-refractivity contribution < 1.29 is 86.5 Å². The van der Waals surface area contributed by atoms with Gasteiger partial charge in [0, 0.05) is 50.0 Å². The molecule has 28 heteroatoms. The molecule has 9 N–H and O–H groups in total. The van der Waals surface area contributed by atoms with E-state index in [1.165, 1.54) is 81.1 Å². The van der Waals surface area contributed by atoms with E-state index in [2.05, 4.69) is 41.2 Å². The maximum absolute atomic E-state index is 12.8. The molecule has 0 fully saturated rings. The molecule has 0 aliphatic heterocycles. The van der Waals surface area contributed by atoms with E-state index in [9.17, 15) is 53.1 Å². The van der Waals surface area contributed by atoms with Gasteiger partial charge in [-0.1, -0.05) is 24.3 Å². The topological polar surface area (TPSA) is 404 Å². The molecule has 2 heterocycles. The lowest BCUT2D eigenvalue weighted by molar-refractivity contribution is -0.154. The molecule has 1 atom stereocenters. The van der Waals surface area contributed by atoms with E-state index < -0.39 is 72.1 Å². The lowest BCUT2D eigenvalue weighted by Gasteiger charge is -2.15. The summed E-state index contributed by atoms with van der Waals surface area (Å²) in [6.45, 7) is 0.348. The molecule has 0 spiro atoms. The number of methoxy groups -OCH3 is 2. The summed E-state index contributed by atoms with van der Waals surface area (Å²) in [6, 6.07) is 15.2. The van der Waals surface area contributed by atoms with Gasteiger partial charge in [-0.25, -0.2) is 14.8 Å². The van der Waals surface area contributed by atoms with Gasteiger partial charge in [-0.05, 0) is 84.7 Å². The molecule has 0 saturated carbocycles. The number of nitrogens with two attached hydrogens (primary N) is 1. The fourth-order valence-electron chi connectivity index (χ4n) is 7.05. The zero-order valence-corrected chi connectivity index (χ0v) is 45.1. The predicted octanol–water partition coefficient (Wildman–Crippen LogP) is 2.54. The number of ketones is 2. The number of rotatable bonds is 36. The number of nitrogen functional groups attached to an aromatic ring is 1. The summed E-state index contributed by atoms with van der Waals surface area (Å²) in [5.74, 6) is -5.94. The number of anilines is 2. The molecule has 0 bridgehead atoms. The highest BCUT2D eigenvalue weighted by atomic mass is 16.6. The number of fused-ring (bicyclic) bond motifs is 1. The highest BCUT2D eigenvalue weighted by molar-refractivity contribution is 6.11. The molecule has 3 aromatic carbocycles. The Morgan fingerprint density at radius 3 is 1.81 bits per heavy atom. The van der Waals surface area contributed by atoms with Gasteiger partial charge in [-0.15, -0.1) is 0 Å². The molecule has 440 valence electrons. The number of hydrogen-bond acceptors (Lipinski definition) is 22. The van der Waals surface area contributed by atoms with Crippen LogP contribution in [-0.4, -0.2) is 150 Å². The van der Waals surface area contributed by atoms with Crippen LogP contribution in [0.3, 0.4) is 0 Å². The molecule has 28 nitrogen and oxygen atoms in total. The summed E-state index contributed by atoms with van der Waals surface area (Å²) >= 11 is 0. The minimum atomic E-state index is -1.83. The van der Waals surface area contributed by atoms with Crippen molar-refractivity contribution in [1.29, 1.82) is 0 Å². The number of hydrogen-bond donors (Lipinski definition) is 8. The van der Waals surface area contributed by atoms with E-state index in [1.807, 2.05) is 0 Å². The number of nitrogens with zero attached hydrogens (tertiary/aromatic N) is 3. The van der Waals surface area contributed by atoms with E-state index in [1.54, 1.807) is 24.3 Å². The summed E-state index contributed by atoms with van der Waals surface area (Å²) in [6.07, 6.45) is 4.57. The monoisotopic (exact) mass is 1150 g/mol. The SMILES string of the molecule is COc1cc(/C=C/C(=O)CC(=O)/C=C/c2ccc(OC(=O)CCCC(=O)NCCOCCOCCNC(=O)COC(NC(=O)c3ccc(NCc4cnc5nc(N)[nH]c(=O)c5n4)cc3)C(=O)O)c(OC)c2)ccc1OC(=O)CCCC(=O)O. The maximum atomic E-state index is 12.8. The number of aromatic amines is 1. The summed E-state index contributed by atoms with van der Waals surface area (Å²) in [5, 5.41) is 28.8. The van der Waals surface area contributed by atoms with Crippen LogP contribution in [0.2, 0.25) is 0 Å². The Labute approximate surface area is 473 Å². The van der Waals surface area contributed by atoms with Gasteiger partial charge in [0.2, 0.25) is 24.0 Å². The molecular formula is C55H61N9O19. The average molecular weight is 1150 g/mol. The van der Waals surface area contributed by atoms with Gasteiger partial charge in [0.15, 0.2) is 45.7 Å². The molecule has 0 saturated heterocycles. The number of aromatic nitrogens is 4. The van der Waals surface area contributed by atoms with Crippen molar-refractivity contribution in [3.63, 3.8) is 0 Å². The molecule has 83 heavy (non-hydrogen) atoms. The molecular weight excluding hydrogens is 1090 g/mol. The molecule has 5 aromatic rings. The van der Waals surface area contributed by atoms with Crippen LogP contribution < -0.4 is 51.5 Å². The molecule has 3 amide bonds. The molecule has 0 radical (unpaired) electrons. The smallest absolute Gasteiger partial charge is 0.354 e. The number of nitrogens with one attached hydrogen (secondary N) is 5. The van der Waals surface area contributed by atoms with Crippen molar-refractivity contribution >= 4 is 88.1 Å². The van der Waals surface area contributed by atoms with Crippen LogP contribution in [-0.2, 0) is 59.1 Å². The number of amides is 3. The Kier molecular flexibility index (Phi) is 25.9. The van der Waals surface area contributed by atoms with Crippen molar-refractivity contribution in [2.24, 2.45) is 0 Å². The molecule has 0 aliphatic carbocycles. The first kappa shape index (κ1) is 63.9. The van der Waals surface area contributed by atoms with Crippen LogP contribution in [0.15, 0.2) is 83.8 Å². The molecule has 2 aromatic heterocycles. The normalized spacial score (nSPS) is 11.4. The Morgan fingerprint density at radius 1 is 0.687 bits per heavy atom. The number of ether oxygens (including phenoxy) is 7. The highest BCUT2D eigenvalue weighted by Gasteiger charge is 2.23. The van der Waals surface area contributed by atoms with Gasteiger partial charge in [-0.3, -0.25) is 48.1 Å². The summed E-state index contributed by atoms with van der Waals surface area (Å²) in [7, 11) is 2.73. The van der Waals surface area contributed by atoms with Gasteiger partial charge in [0.1, 0.15) is 6.61 Å². The predicted molar refractivity (Wildman–Crippen MR) is 294 cm³/mol. The van der Waals surface area contributed by atoms with Crippen molar-refractivity contribution in [2.75, 3.05) is 71.4 Å². The average Bonchev–Trinajstić information content (AvgIpc) is 3.67. The standard InChI is InChI=1S/C55H61N9O19/c1-77-42-27-33(9-17-38(65)29-39(66)18-10-34-12-20-41(43(28-34)78-2)83-48(72)8-4-6-46(69)70)11-19-40(42)82-47(71)7-3-5-44(67)57-21-23-79-25-26-80-24-22-58-45(68)32-81-53(54(75)76)63-51(73)35-13-15-36(16-14-35)59-30-37-31-60-50-49(61-37)52(74)64-55(56)62-50/h9-20,27-28,31,53,59H,3-8,21-26,29-30,32H2,1-2H3,(H,57,67)(H,58,68)(H,63,73)(H,69,70)(H,75,76)(H3,56,60,62,64,74)/b17-9+,18-10+. The van der Waals surface area contributed by atoms with Crippen molar-refractivity contribution in [1.82, 2.24) is 35.9 Å². The zero-order chi connectivity index (χ0) is 60.1. The maximum Gasteiger partial charge on any atom is 0.354 e. The molecule has 0 aliphatic rings. The Hall–Kier alpha value is -9.93. The van der Waals surface area contributed by atoms with E-state index in [4.69, 9.17) is 44.0 Å². The first-order valence-electron chi connectivity index (χ1n) is 25.5. The quantitative estimate of drug-likeness (QED) is 0.00713. The number of H-pyrrole nitrogens is 1. The van der Waals surface area contributed by atoms with E-state index >= 15 is 0 Å². The summed E-state index contributed by atoms with van der Waals surface area (Å²) in [4.78, 5) is 136. The number of aliphatic carboxylic acids is 2. The van der Waals surface area contributed by atoms with E-state index in [0.29, 0.717) is 22.5 Å². The van der Waals surface area contributed by atoms with Gasteiger partial charge < -0.3 is 70.4 Å². The largest absolute Gasteiger partial charge is 0.493 e. The Balaban J connectivity index is 0.872. The number of carboxylic acids is 2. The van der Waals surface area contributed by atoms with Crippen molar-refractivity contribution in [3.8, 4) is 23.0 Å². The fourth-order valence-corrected chi connectivity index (χ4v) is 7.05. The van der Waals surface area contributed by atoms with Crippen LogP contribution in [0.4, 0.5) is 11.6 Å². The van der Waals surface area contributed by atoms with Gasteiger partial charge in [-0.2, -0.15) is 4.98 Å². The molecule has 5 rings (SSSR count). The van der Waals surface area contributed by atoms with Crippen LogP contribution in [0.5, 0.6) is 23.0 Å². The third-order valence-corrected chi connectivity index (χ3v) is 11.1. The number of carbonyl (C=O) groups is 9. The third-order valence-electron chi connectivity index (χ3n) is 11.1. The zero-order valence-electron chi connectivity index (χ0n) is 45.1. The van der Waals surface area contributed by atoms with Gasteiger partial charge >= 0.3 is 23.9 Å². The van der Waals surface area contributed by atoms with Crippen LogP contribution in [0.25, 0.3) is 23.3 Å². The molecule has 1 unspecified atom stereocenters. The van der Waals surface area contributed by atoms with Crippen molar-refractivity contribution in [3.05, 3.63) is 112 Å². The third kappa shape index (κ3) is 23.0.